The Morgan fingerprint density at radius 1 is 1.39 bits per heavy atom. The van der Waals surface area contributed by atoms with Crippen LogP contribution >= 0.6 is 0 Å². The molecule has 18 heavy (non-hydrogen) atoms. The molecule has 3 N–H and O–H groups in total. The summed E-state index contributed by atoms with van der Waals surface area (Å²) in [5, 5.41) is 2.91. The van der Waals surface area contributed by atoms with E-state index in [1.807, 2.05) is 18.0 Å². The van der Waals surface area contributed by atoms with E-state index >= 15 is 0 Å². The molecule has 1 amide bonds. The highest BCUT2D eigenvalue weighted by molar-refractivity contribution is 6.03. The third-order valence-corrected chi connectivity index (χ3v) is 3.50. The Kier molecular flexibility index (Phi) is 3.07. The molecule has 0 saturated heterocycles. The Morgan fingerprint density at radius 3 is 2.61 bits per heavy atom. The number of nitrogens with two attached hydrogens (primary N) is 1. The van der Waals surface area contributed by atoms with E-state index in [0.29, 0.717) is 6.54 Å². The fourth-order valence-corrected chi connectivity index (χ4v) is 2.22. The van der Waals surface area contributed by atoms with E-state index in [9.17, 15) is 4.79 Å². The Labute approximate surface area is 108 Å². The highest BCUT2D eigenvalue weighted by atomic mass is 16.2. The minimum atomic E-state index is -0.285. The molecule has 1 aromatic carbocycles. The number of fused-ring (bicyclic) bond motifs is 1. The van der Waals surface area contributed by atoms with Crippen LogP contribution < -0.4 is 16.0 Å². The van der Waals surface area contributed by atoms with E-state index < -0.39 is 0 Å². The second-order valence-corrected chi connectivity index (χ2v) is 5.83. The van der Waals surface area contributed by atoms with Gasteiger partial charge in [0.05, 0.1) is 11.4 Å². The van der Waals surface area contributed by atoms with Gasteiger partial charge in [-0.3, -0.25) is 4.79 Å². The van der Waals surface area contributed by atoms with Crippen molar-refractivity contribution in [3.05, 3.63) is 23.8 Å². The van der Waals surface area contributed by atoms with Crippen molar-refractivity contribution in [3.63, 3.8) is 0 Å². The molecule has 1 unspecified atom stereocenters. The summed E-state index contributed by atoms with van der Waals surface area (Å²) < 4.78 is 0. The van der Waals surface area contributed by atoms with Crippen LogP contribution in [-0.2, 0) is 10.2 Å². The molecule has 0 fully saturated rings. The van der Waals surface area contributed by atoms with Crippen molar-refractivity contribution >= 4 is 17.3 Å². The van der Waals surface area contributed by atoms with E-state index in [2.05, 4.69) is 38.2 Å². The SMILES string of the molecule is CN1c2cc(C(C)(C)C)ccc2NC(=O)C1CN. The molecule has 1 aromatic rings. The molecule has 1 aliphatic rings. The van der Waals surface area contributed by atoms with Crippen LogP contribution in [-0.4, -0.2) is 25.5 Å². The highest BCUT2D eigenvalue weighted by Gasteiger charge is 2.30. The number of rotatable bonds is 1. The first kappa shape index (κ1) is 12.9. The van der Waals surface area contributed by atoms with Crippen molar-refractivity contribution in [3.8, 4) is 0 Å². The normalized spacial score (nSPS) is 19.5. The Bertz CT molecular complexity index is 476. The zero-order valence-corrected chi connectivity index (χ0v) is 11.4. The van der Waals surface area contributed by atoms with Gasteiger partial charge >= 0.3 is 0 Å². The number of hydrogen-bond donors (Lipinski definition) is 2. The van der Waals surface area contributed by atoms with Gasteiger partial charge in [0.2, 0.25) is 5.91 Å². The average molecular weight is 247 g/mol. The number of benzene rings is 1. The van der Waals surface area contributed by atoms with Gasteiger partial charge < -0.3 is 16.0 Å². The summed E-state index contributed by atoms with van der Waals surface area (Å²) in [5.74, 6) is -0.0315. The molecule has 4 heteroatoms. The van der Waals surface area contributed by atoms with Gasteiger partial charge in [-0.25, -0.2) is 0 Å². The molecule has 2 rings (SSSR count). The predicted octanol–water partition coefficient (Wildman–Crippen LogP) is 1.70. The minimum absolute atomic E-state index is 0.0315. The first-order valence-electron chi connectivity index (χ1n) is 6.23. The van der Waals surface area contributed by atoms with E-state index in [1.54, 1.807) is 0 Å². The number of hydrogen-bond acceptors (Lipinski definition) is 3. The van der Waals surface area contributed by atoms with Crippen LogP contribution in [0.5, 0.6) is 0 Å². The second kappa shape index (κ2) is 4.28. The molecular weight excluding hydrogens is 226 g/mol. The third kappa shape index (κ3) is 2.08. The standard InChI is InChI=1S/C14H21N3O/c1-14(2,3)9-5-6-10-11(7-9)17(4)12(8-15)13(18)16-10/h5-7,12H,8,15H2,1-4H3,(H,16,18). The van der Waals surface area contributed by atoms with E-state index in [0.717, 1.165) is 11.4 Å². The molecule has 1 atom stereocenters. The maximum Gasteiger partial charge on any atom is 0.248 e. The fraction of sp³-hybridized carbons (Fsp3) is 0.500. The number of carbonyl (C=O) groups is 1. The number of nitrogens with zero attached hydrogens (tertiary/aromatic N) is 1. The molecule has 0 aromatic heterocycles. The number of anilines is 2. The first-order chi connectivity index (χ1) is 8.34. The van der Waals surface area contributed by atoms with Crippen LogP contribution in [0.3, 0.4) is 0 Å². The van der Waals surface area contributed by atoms with Crippen molar-refractivity contribution in [2.24, 2.45) is 5.73 Å². The molecule has 0 bridgehead atoms. The van der Waals surface area contributed by atoms with Gasteiger partial charge in [0, 0.05) is 13.6 Å². The molecule has 4 nitrogen and oxygen atoms in total. The van der Waals surface area contributed by atoms with Crippen molar-refractivity contribution in [2.75, 3.05) is 23.8 Å². The Balaban J connectivity index is 2.47. The van der Waals surface area contributed by atoms with Crippen LogP contribution in [0.25, 0.3) is 0 Å². The first-order valence-corrected chi connectivity index (χ1v) is 6.23. The van der Waals surface area contributed by atoms with Crippen molar-refractivity contribution < 1.29 is 4.79 Å². The average Bonchev–Trinajstić information content (AvgIpc) is 2.27. The lowest BCUT2D eigenvalue weighted by molar-refractivity contribution is -0.117. The largest absolute Gasteiger partial charge is 0.360 e. The van der Waals surface area contributed by atoms with Crippen molar-refractivity contribution in [2.45, 2.75) is 32.2 Å². The van der Waals surface area contributed by atoms with Gasteiger partial charge in [0.1, 0.15) is 6.04 Å². The third-order valence-electron chi connectivity index (χ3n) is 3.50. The summed E-state index contributed by atoms with van der Waals surface area (Å²) in [6.07, 6.45) is 0. The van der Waals surface area contributed by atoms with Gasteiger partial charge in [-0.05, 0) is 23.1 Å². The lowest BCUT2D eigenvalue weighted by Crippen LogP contribution is -2.50. The van der Waals surface area contributed by atoms with Gasteiger partial charge in [-0.15, -0.1) is 0 Å². The molecule has 0 radical (unpaired) electrons. The summed E-state index contributed by atoms with van der Waals surface area (Å²) >= 11 is 0. The summed E-state index contributed by atoms with van der Waals surface area (Å²) in [6, 6.07) is 5.89. The smallest absolute Gasteiger partial charge is 0.248 e. The second-order valence-electron chi connectivity index (χ2n) is 5.83. The molecule has 0 spiro atoms. The molecule has 98 valence electrons. The van der Waals surface area contributed by atoms with Gasteiger partial charge in [-0.1, -0.05) is 26.8 Å². The fourth-order valence-electron chi connectivity index (χ4n) is 2.22. The molecule has 0 aliphatic carbocycles. The van der Waals surface area contributed by atoms with Gasteiger partial charge in [-0.2, -0.15) is 0 Å². The van der Waals surface area contributed by atoms with Crippen LogP contribution in [0, 0.1) is 0 Å². The number of likely N-dealkylation sites (N-methyl/N-ethyl adjacent to an activating group) is 1. The van der Waals surface area contributed by atoms with E-state index in [4.69, 9.17) is 5.73 Å². The van der Waals surface area contributed by atoms with Gasteiger partial charge in [0.25, 0.3) is 0 Å². The molecule has 0 saturated carbocycles. The van der Waals surface area contributed by atoms with Crippen LogP contribution in [0.1, 0.15) is 26.3 Å². The number of amides is 1. The van der Waals surface area contributed by atoms with Crippen LogP contribution in [0.15, 0.2) is 18.2 Å². The summed E-state index contributed by atoms with van der Waals surface area (Å²) in [6.45, 7) is 6.85. The Morgan fingerprint density at radius 2 is 2.06 bits per heavy atom. The van der Waals surface area contributed by atoms with Crippen molar-refractivity contribution in [1.82, 2.24) is 0 Å². The van der Waals surface area contributed by atoms with E-state index in [-0.39, 0.29) is 17.4 Å². The lowest BCUT2D eigenvalue weighted by atomic mass is 9.86. The minimum Gasteiger partial charge on any atom is -0.360 e. The topological polar surface area (TPSA) is 58.4 Å². The van der Waals surface area contributed by atoms with Crippen LogP contribution in [0.2, 0.25) is 0 Å². The van der Waals surface area contributed by atoms with Gasteiger partial charge in [0.15, 0.2) is 0 Å². The number of carbonyl (C=O) groups excluding carboxylic acids is 1. The highest BCUT2D eigenvalue weighted by Crippen LogP contribution is 2.35. The maximum absolute atomic E-state index is 11.8. The summed E-state index contributed by atoms with van der Waals surface area (Å²) in [7, 11) is 1.92. The zero-order valence-electron chi connectivity index (χ0n) is 11.4. The van der Waals surface area contributed by atoms with Crippen molar-refractivity contribution in [1.29, 1.82) is 0 Å². The predicted molar refractivity (Wildman–Crippen MR) is 75.0 cm³/mol. The van der Waals surface area contributed by atoms with Crippen LogP contribution in [0.4, 0.5) is 11.4 Å². The molecule has 1 heterocycles. The zero-order chi connectivity index (χ0) is 13.5. The number of nitrogens with one attached hydrogen (secondary N) is 1. The van der Waals surface area contributed by atoms with E-state index in [1.165, 1.54) is 5.56 Å². The quantitative estimate of drug-likeness (QED) is 0.794. The summed E-state index contributed by atoms with van der Waals surface area (Å²) in [5.41, 5.74) is 8.91. The molecule has 1 aliphatic heterocycles. The molecular formula is C14H21N3O. The Hall–Kier alpha value is -1.55. The lowest BCUT2D eigenvalue weighted by Gasteiger charge is -2.35. The summed E-state index contributed by atoms with van der Waals surface area (Å²) in [4.78, 5) is 13.8. The monoisotopic (exact) mass is 247 g/mol. The maximum atomic E-state index is 11.8.